The third-order valence-electron chi connectivity index (χ3n) is 2.34. The Morgan fingerprint density at radius 3 is 2.61 bits per heavy atom. The van der Waals surface area contributed by atoms with E-state index >= 15 is 0 Å². The van der Waals surface area contributed by atoms with Crippen molar-refractivity contribution in [3.05, 3.63) is 42.3 Å². The first kappa shape index (κ1) is 12.8. The van der Waals surface area contributed by atoms with Crippen molar-refractivity contribution in [2.45, 2.75) is 5.75 Å². The van der Waals surface area contributed by atoms with Crippen molar-refractivity contribution in [3.63, 3.8) is 0 Å². The smallest absolute Gasteiger partial charge is 0.226 e. The number of aromatic nitrogens is 1. The fraction of sp³-hybridized carbons (Fsp3) is 0.250. The second-order valence-electron chi connectivity index (χ2n) is 3.83. The average molecular weight is 267 g/mol. The predicted molar refractivity (Wildman–Crippen MR) is 66.5 cm³/mol. The molecule has 0 bridgehead atoms. The Kier molecular flexibility index (Phi) is 3.78. The Hall–Kier alpha value is -1.66. The van der Waals surface area contributed by atoms with Gasteiger partial charge in [-0.2, -0.15) is 0 Å². The van der Waals surface area contributed by atoms with Crippen LogP contribution in [0.2, 0.25) is 0 Å². The van der Waals surface area contributed by atoms with E-state index in [0.29, 0.717) is 11.6 Å². The molecule has 0 aliphatic carbocycles. The SMILES string of the molecule is O=S(=O)(CCO)Cc1coc(-c2ccccc2)n1. The van der Waals surface area contributed by atoms with E-state index < -0.39 is 9.84 Å². The minimum Gasteiger partial charge on any atom is -0.444 e. The molecule has 1 aromatic heterocycles. The predicted octanol–water partition coefficient (Wildman–Crippen LogP) is 1.25. The third-order valence-corrected chi connectivity index (χ3v) is 3.88. The van der Waals surface area contributed by atoms with Gasteiger partial charge in [0, 0.05) is 5.56 Å². The van der Waals surface area contributed by atoms with E-state index in [1.165, 1.54) is 6.26 Å². The molecule has 6 heteroatoms. The number of nitrogens with zero attached hydrogens (tertiary/aromatic N) is 1. The molecule has 1 N–H and O–H groups in total. The zero-order valence-corrected chi connectivity index (χ0v) is 10.4. The summed E-state index contributed by atoms with van der Waals surface area (Å²) in [6.07, 6.45) is 1.33. The summed E-state index contributed by atoms with van der Waals surface area (Å²) in [5, 5.41) is 8.64. The molecule has 0 radical (unpaired) electrons. The maximum Gasteiger partial charge on any atom is 0.226 e. The van der Waals surface area contributed by atoms with E-state index in [9.17, 15) is 8.42 Å². The van der Waals surface area contributed by atoms with E-state index in [1.807, 2.05) is 30.3 Å². The Morgan fingerprint density at radius 2 is 1.94 bits per heavy atom. The summed E-state index contributed by atoms with van der Waals surface area (Å²) in [5.41, 5.74) is 1.14. The number of sulfone groups is 1. The normalized spacial score (nSPS) is 11.6. The summed E-state index contributed by atoms with van der Waals surface area (Å²) >= 11 is 0. The van der Waals surface area contributed by atoms with Crippen LogP contribution in [0.5, 0.6) is 0 Å². The molecular formula is C12H13NO4S. The van der Waals surface area contributed by atoms with Crippen LogP contribution in [0.1, 0.15) is 5.69 Å². The molecular weight excluding hydrogens is 254 g/mol. The van der Waals surface area contributed by atoms with Gasteiger partial charge in [-0.3, -0.25) is 0 Å². The highest BCUT2D eigenvalue weighted by Crippen LogP contribution is 2.18. The standard InChI is InChI=1S/C12H13NO4S/c14-6-7-18(15,16)9-11-8-17-12(13-11)10-4-2-1-3-5-10/h1-5,8,14H,6-7,9H2. The van der Waals surface area contributed by atoms with Crippen molar-refractivity contribution in [2.75, 3.05) is 12.4 Å². The molecule has 0 fully saturated rings. The quantitative estimate of drug-likeness (QED) is 0.881. The minimum atomic E-state index is -3.33. The summed E-state index contributed by atoms with van der Waals surface area (Å²) in [6, 6.07) is 9.23. The van der Waals surface area contributed by atoms with E-state index in [0.717, 1.165) is 5.56 Å². The van der Waals surface area contributed by atoms with Crippen LogP contribution in [0.25, 0.3) is 11.5 Å². The van der Waals surface area contributed by atoms with Gasteiger partial charge in [0.05, 0.1) is 23.8 Å². The summed E-state index contributed by atoms with van der Waals surface area (Å²) in [7, 11) is -3.33. The van der Waals surface area contributed by atoms with Gasteiger partial charge in [-0.05, 0) is 12.1 Å². The van der Waals surface area contributed by atoms with Crippen LogP contribution < -0.4 is 0 Å². The highest BCUT2D eigenvalue weighted by molar-refractivity contribution is 7.90. The van der Waals surface area contributed by atoms with Crippen molar-refractivity contribution in [1.29, 1.82) is 0 Å². The molecule has 2 aromatic rings. The highest BCUT2D eigenvalue weighted by Gasteiger charge is 2.15. The minimum absolute atomic E-state index is 0.218. The van der Waals surface area contributed by atoms with Crippen molar-refractivity contribution in [1.82, 2.24) is 4.98 Å². The lowest BCUT2D eigenvalue weighted by atomic mass is 10.2. The maximum absolute atomic E-state index is 11.5. The monoisotopic (exact) mass is 267 g/mol. The number of oxazole rings is 1. The van der Waals surface area contributed by atoms with E-state index in [2.05, 4.69) is 4.98 Å². The molecule has 1 heterocycles. The van der Waals surface area contributed by atoms with Crippen LogP contribution in [0.15, 0.2) is 41.0 Å². The lowest BCUT2D eigenvalue weighted by Gasteiger charge is -1.97. The maximum atomic E-state index is 11.5. The molecule has 0 spiro atoms. The zero-order chi connectivity index (χ0) is 13.0. The zero-order valence-electron chi connectivity index (χ0n) is 9.61. The van der Waals surface area contributed by atoms with Gasteiger partial charge in [0.2, 0.25) is 5.89 Å². The fourth-order valence-electron chi connectivity index (χ4n) is 1.52. The fourth-order valence-corrected chi connectivity index (χ4v) is 2.53. The van der Waals surface area contributed by atoms with Gasteiger partial charge in [-0.25, -0.2) is 13.4 Å². The van der Waals surface area contributed by atoms with Gasteiger partial charge in [0.15, 0.2) is 9.84 Å². The molecule has 0 aliphatic rings. The Morgan fingerprint density at radius 1 is 1.22 bits per heavy atom. The Labute approximate surface area is 105 Å². The molecule has 2 rings (SSSR count). The largest absolute Gasteiger partial charge is 0.444 e. The van der Waals surface area contributed by atoms with E-state index in [1.54, 1.807) is 0 Å². The van der Waals surface area contributed by atoms with Crippen molar-refractivity contribution in [3.8, 4) is 11.5 Å². The van der Waals surface area contributed by atoms with Crippen LogP contribution in [-0.4, -0.2) is 30.9 Å². The Bertz CT molecular complexity index is 604. The molecule has 0 unspecified atom stereocenters. The Balaban J connectivity index is 2.17. The van der Waals surface area contributed by atoms with Gasteiger partial charge < -0.3 is 9.52 Å². The molecule has 1 aromatic carbocycles. The van der Waals surface area contributed by atoms with Crippen molar-refractivity contribution in [2.24, 2.45) is 0 Å². The molecule has 96 valence electrons. The van der Waals surface area contributed by atoms with E-state index in [-0.39, 0.29) is 18.1 Å². The van der Waals surface area contributed by atoms with Crippen LogP contribution in [0, 0.1) is 0 Å². The van der Waals surface area contributed by atoms with Gasteiger partial charge in [-0.15, -0.1) is 0 Å². The topological polar surface area (TPSA) is 80.4 Å². The first-order valence-corrected chi connectivity index (χ1v) is 7.24. The highest BCUT2D eigenvalue weighted by atomic mass is 32.2. The lowest BCUT2D eigenvalue weighted by molar-refractivity contribution is 0.319. The number of rotatable bonds is 5. The first-order chi connectivity index (χ1) is 8.61. The van der Waals surface area contributed by atoms with Gasteiger partial charge >= 0.3 is 0 Å². The van der Waals surface area contributed by atoms with Crippen LogP contribution in [-0.2, 0) is 15.6 Å². The van der Waals surface area contributed by atoms with Crippen LogP contribution >= 0.6 is 0 Å². The van der Waals surface area contributed by atoms with Gasteiger partial charge in [-0.1, -0.05) is 18.2 Å². The number of hydrogen-bond donors (Lipinski definition) is 1. The van der Waals surface area contributed by atoms with Crippen molar-refractivity contribution < 1.29 is 17.9 Å². The van der Waals surface area contributed by atoms with Crippen molar-refractivity contribution >= 4 is 9.84 Å². The number of hydrogen-bond acceptors (Lipinski definition) is 5. The van der Waals surface area contributed by atoms with E-state index in [4.69, 9.17) is 9.52 Å². The molecule has 0 saturated heterocycles. The first-order valence-electron chi connectivity index (χ1n) is 5.42. The van der Waals surface area contributed by atoms with Gasteiger partial charge in [0.25, 0.3) is 0 Å². The second kappa shape index (κ2) is 5.32. The number of aliphatic hydroxyl groups excluding tert-OH is 1. The molecule has 0 saturated carbocycles. The molecule has 0 atom stereocenters. The molecule has 0 aliphatic heterocycles. The molecule has 18 heavy (non-hydrogen) atoms. The summed E-state index contributed by atoms with van der Waals surface area (Å²) in [5.74, 6) is -0.0884. The lowest BCUT2D eigenvalue weighted by Crippen LogP contribution is -2.12. The summed E-state index contributed by atoms with van der Waals surface area (Å²) in [6.45, 7) is -0.383. The van der Waals surface area contributed by atoms with Crippen LogP contribution in [0.4, 0.5) is 0 Å². The average Bonchev–Trinajstić information content (AvgIpc) is 2.77. The van der Waals surface area contributed by atoms with Gasteiger partial charge in [0.1, 0.15) is 6.26 Å². The molecule has 0 amide bonds. The van der Waals surface area contributed by atoms with Crippen LogP contribution in [0.3, 0.4) is 0 Å². The summed E-state index contributed by atoms with van der Waals surface area (Å²) < 4.78 is 28.2. The molecule has 5 nitrogen and oxygen atoms in total. The number of benzene rings is 1. The number of aliphatic hydroxyl groups is 1. The summed E-state index contributed by atoms with van der Waals surface area (Å²) in [4.78, 5) is 4.12. The second-order valence-corrected chi connectivity index (χ2v) is 6.01. The third kappa shape index (κ3) is 3.18.